The van der Waals surface area contributed by atoms with Crippen LogP contribution in [0.3, 0.4) is 0 Å². The summed E-state index contributed by atoms with van der Waals surface area (Å²) in [6.45, 7) is -1.26. The van der Waals surface area contributed by atoms with E-state index in [1.54, 1.807) is 0 Å². The number of halogens is 3. The lowest BCUT2D eigenvalue weighted by molar-refractivity contribution is -0.188. The maximum absolute atomic E-state index is 13.1. The van der Waals surface area contributed by atoms with Crippen LogP contribution in [0.15, 0.2) is 48.5 Å². The van der Waals surface area contributed by atoms with Gasteiger partial charge in [-0.3, -0.25) is 4.79 Å². The molecule has 29 heavy (non-hydrogen) atoms. The molecule has 1 N–H and O–H groups in total. The smallest absolute Gasteiger partial charge is 0.409 e. The summed E-state index contributed by atoms with van der Waals surface area (Å²) in [4.78, 5) is 24.4. The van der Waals surface area contributed by atoms with Crippen molar-refractivity contribution in [3.8, 4) is 11.1 Å². The number of nitrogens with zero attached hydrogens (tertiary/aromatic N) is 1. The topological polar surface area (TPSA) is 66.8 Å². The van der Waals surface area contributed by atoms with Crippen molar-refractivity contribution in [1.29, 1.82) is 0 Å². The van der Waals surface area contributed by atoms with E-state index in [9.17, 15) is 22.8 Å². The third kappa shape index (κ3) is 3.43. The highest BCUT2D eigenvalue weighted by molar-refractivity contribution is 5.79. The molecule has 1 heterocycles. The minimum atomic E-state index is -4.69. The van der Waals surface area contributed by atoms with E-state index in [1.807, 2.05) is 48.5 Å². The van der Waals surface area contributed by atoms with Crippen LogP contribution in [0, 0.1) is 11.8 Å². The van der Waals surface area contributed by atoms with Crippen LogP contribution in [0.25, 0.3) is 11.1 Å². The molecule has 0 spiro atoms. The van der Waals surface area contributed by atoms with E-state index in [-0.39, 0.29) is 12.5 Å². The monoisotopic (exact) mass is 405 g/mol. The summed E-state index contributed by atoms with van der Waals surface area (Å²) in [6.07, 6.45) is -5.62. The van der Waals surface area contributed by atoms with Gasteiger partial charge in [0.25, 0.3) is 0 Å². The third-order valence-corrected chi connectivity index (χ3v) is 5.65. The van der Waals surface area contributed by atoms with Crippen molar-refractivity contribution in [2.75, 3.05) is 19.7 Å². The van der Waals surface area contributed by atoms with Gasteiger partial charge in [0.05, 0.1) is 11.8 Å². The van der Waals surface area contributed by atoms with Crippen LogP contribution in [0.5, 0.6) is 0 Å². The number of hydrogen-bond donors (Lipinski definition) is 1. The van der Waals surface area contributed by atoms with Gasteiger partial charge in [-0.2, -0.15) is 13.2 Å². The molecule has 5 nitrogen and oxygen atoms in total. The molecule has 4 rings (SSSR count). The summed E-state index contributed by atoms with van der Waals surface area (Å²) in [7, 11) is 0. The molecule has 0 bridgehead atoms. The largest absolute Gasteiger partial charge is 0.481 e. The number of benzene rings is 2. The van der Waals surface area contributed by atoms with Gasteiger partial charge in [0.1, 0.15) is 6.61 Å². The highest BCUT2D eigenvalue weighted by Gasteiger charge is 2.54. The summed E-state index contributed by atoms with van der Waals surface area (Å²) in [5, 5.41) is 9.09. The SMILES string of the molecule is O=C(O)[C@H]1CN(C(=O)OCC2c3ccccc3-c3ccccc32)C[C@@H]1C(F)(F)F. The third-order valence-electron chi connectivity index (χ3n) is 5.65. The Balaban J connectivity index is 1.49. The lowest BCUT2D eigenvalue weighted by Gasteiger charge is -2.20. The van der Waals surface area contributed by atoms with Gasteiger partial charge in [0.2, 0.25) is 0 Å². The van der Waals surface area contributed by atoms with Crippen LogP contribution in [0.2, 0.25) is 0 Å². The molecule has 1 amide bonds. The van der Waals surface area contributed by atoms with E-state index in [4.69, 9.17) is 9.84 Å². The van der Waals surface area contributed by atoms with Crippen LogP contribution < -0.4 is 0 Å². The molecular formula is C21H18F3NO4. The first-order valence-corrected chi connectivity index (χ1v) is 9.17. The Kier molecular flexibility index (Phi) is 4.72. The van der Waals surface area contributed by atoms with E-state index in [0.29, 0.717) is 0 Å². The van der Waals surface area contributed by atoms with Crippen molar-refractivity contribution >= 4 is 12.1 Å². The summed E-state index contributed by atoms with van der Waals surface area (Å²) in [5.74, 6) is -5.57. The first kappa shape index (κ1) is 19.3. The average Bonchev–Trinajstić information content (AvgIpc) is 3.27. The Morgan fingerprint density at radius 1 is 1.00 bits per heavy atom. The quantitative estimate of drug-likeness (QED) is 0.834. The van der Waals surface area contributed by atoms with Crippen LogP contribution in [0.4, 0.5) is 18.0 Å². The average molecular weight is 405 g/mol. The van der Waals surface area contributed by atoms with Crippen molar-refractivity contribution in [3.05, 3.63) is 59.7 Å². The zero-order valence-corrected chi connectivity index (χ0v) is 15.2. The molecule has 1 aliphatic heterocycles. The molecule has 1 saturated heterocycles. The lowest BCUT2D eigenvalue weighted by Crippen LogP contribution is -2.34. The minimum absolute atomic E-state index is 0.0300. The zero-order valence-electron chi connectivity index (χ0n) is 15.2. The van der Waals surface area contributed by atoms with E-state index in [2.05, 4.69) is 0 Å². The number of rotatable bonds is 3. The van der Waals surface area contributed by atoms with Crippen LogP contribution in [-0.2, 0) is 9.53 Å². The molecule has 8 heteroatoms. The number of alkyl halides is 3. The van der Waals surface area contributed by atoms with E-state index in [1.165, 1.54) is 0 Å². The number of fused-ring (bicyclic) bond motifs is 3. The standard InChI is InChI=1S/C21H18F3NO4/c22-21(23,24)18-10-25(9-16(18)19(26)27)20(28)29-11-17-14-7-3-1-5-12(14)13-6-2-4-8-15(13)17/h1-8,16-18H,9-11H2,(H,26,27)/t16-,18-/m0/s1. The second-order valence-electron chi connectivity index (χ2n) is 7.30. The Morgan fingerprint density at radius 2 is 1.55 bits per heavy atom. The molecule has 0 unspecified atom stereocenters. The highest BCUT2D eigenvalue weighted by Crippen LogP contribution is 2.44. The first-order valence-electron chi connectivity index (χ1n) is 9.17. The van der Waals surface area contributed by atoms with Crippen molar-refractivity contribution in [2.24, 2.45) is 11.8 Å². The summed E-state index contributed by atoms with van der Waals surface area (Å²) in [5.41, 5.74) is 4.04. The molecule has 0 aromatic heterocycles. The lowest BCUT2D eigenvalue weighted by atomic mass is 9.96. The molecule has 2 aliphatic rings. The molecule has 2 aromatic carbocycles. The second kappa shape index (κ2) is 7.09. The fraction of sp³-hybridized carbons (Fsp3) is 0.333. The molecule has 152 valence electrons. The Labute approximate surface area is 164 Å². The zero-order chi connectivity index (χ0) is 20.8. The van der Waals surface area contributed by atoms with Crippen LogP contribution in [-0.4, -0.2) is 47.9 Å². The number of aliphatic carboxylic acids is 1. The van der Waals surface area contributed by atoms with Crippen molar-refractivity contribution < 1.29 is 32.6 Å². The number of carbonyl (C=O) groups excluding carboxylic acids is 1. The predicted molar refractivity (Wildman–Crippen MR) is 97.3 cm³/mol. The Bertz CT molecular complexity index is 913. The number of carboxylic acid groups (broad SMARTS) is 1. The van der Waals surface area contributed by atoms with Gasteiger partial charge in [-0.1, -0.05) is 48.5 Å². The van der Waals surface area contributed by atoms with Crippen LogP contribution in [0.1, 0.15) is 17.0 Å². The van der Waals surface area contributed by atoms with E-state index >= 15 is 0 Å². The number of likely N-dealkylation sites (tertiary alicyclic amines) is 1. The Hall–Kier alpha value is -3.03. The van der Waals surface area contributed by atoms with E-state index < -0.39 is 43.2 Å². The maximum atomic E-state index is 13.1. The molecule has 1 fully saturated rings. The van der Waals surface area contributed by atoms with Crippen molar-refractivity contribution in [1.82, 2.24) is 4.90 Å². The van der Waals surface area contributed by atoms with Gasteiger partial charge in [-0.25, -0.2) is 4.79 Å². The number of hydrogen-bond acceptors (Lipinski definition) is 3. The summed E-state index contributed by atoms with van der Waals surface area (Å²) in [6, 6.07) is 15.4. The van der Waals surface area contributed by atoms with Crippen molar-refractivity contribution in [3.63, 3.8) is 0 Å². The highest BCUT2D eigenvalue weighted by atomic mass is 19.4. The summed E-state index contributed by atoms with van der Waals surface area (Å²) >= 11 is 0. The molecule has 2 aromatic rings. The molecular weight excluding hydrogens is 387 g/mol. The van der Waals surface area contributed by atoms with Gasteiger partial charge < -0.3 is 14.7 Å². The van der Waals surface area contributed by atoms with Gasteiger partial charge in [-0.05, 0) is 22.3 Å². The summed E-state index contributed by atoms with van der Waals surface area (Å²) < 4.78 is 44.7. The van der Waals surface area contributed by atoms with Gasteiger partial charge in [0, 0.05) is 19.0 Å². The fourth-order valence-corrected chi connectivity index (χ4v) is 4.22. The number of carboxylic acids is 1. The van der Waals surface area contributed by atoms with Gasteiger partial charge in [-0.15, -0.1) is 0 Å². The van der Waals surface area contributed by atoms with Gasteiger partial charge >= 0.3 is 18.2 Å². The number of ether oxygens (including phenoxy) is 1. The number of amides is 1. The Morgan fingerprint density at radius 3 is 2.03 bits per heavy atom. The normalized spacial score (nSPS) is 21.0. The fourth-order valence-electron chi connectivity index (χ4n) is 4.22. The van der Waals surface area contributed by atoms with Gasteiger partial charge in [0.15, 0.2) is 0 Å². The second-order valence-corrected chi connectivity index (χ2v) is 7.30. The molecule has 0 saturated carbocycles. The van der Waals surface area contributed by atoms with E-state index in [0.717, 1.165) is 27.2 Å². The number of carbonyl (C=O) groups is 2. The maximum Gasteiger partial charge on any atom is 0.409 e. The van der Waals surface area contributed by atoms with Crippen molar-refractivity contribution in [2.45, 2.75) is 12.1 Å². The molecule has 1 aliphatic carbocycles. The molecule has 2 atom stereocenters. The predicted octanol–water partition coefficient (Wildman–Crippen LogP) is 4.13. The first-order chi connectivity index (χ1) is 13.8. The van der Waals surface area contributed by atoms with Crippen LogP contribution >= 0.6 is 0 Å². The minimum Gasteiger partial charge on any atom is -0.481 e. The molecule has 0 radical (unpaired) electrons.